The van der Waals surface area contributed by atoms with Crippen LogP contribution in [0.3, 0.4) is 0 Å². The smallest absolute Gasteiger partial charge is 0.0492 e. The third kappa shape index (κ3) is 2.45. The second-order valence-corrected chi connectivity index (χ2v) is 4.01. The molecule has 0 saturated heterocycles. The summed E-state index contributed by atoms with van der Waals surface area (Å²) < 4.78 is 1.90. The monoisotopic (exact) mass is 193 g/mol. The quantitative estimate of drug-likeness (QED) is 0.720. The van der Waals surface area contributed by atoms with Crippen LogP contribution in [0, 0.1) is 5.41 Å². The summed E-state index contributed by atoms with van der Waals surface area (Å²) in [6.07, 6.45) is 5.79. The van der Waals surface area contributed by atoms with Gasteiger partial charge in [0.15, 0.2) is 0 Å². The maximum Gasteiger partial charge on any atom is 0.0492 e. The molecule has 1 rings (SSSR count). The normalized spacial score (nSPS) is 15.1. The molecule has 1 heterocycles. The number of hydrogen-bond acceptors (Lipinski definition) is 2. The molecule has 3 nitrogen and oxygen atoms in total. The predicted molar refractivity (Wildman–Crippen MR) is 58.9 cm³/mol. The fourth-order valence-corrected chi connectivity index (χ4v) is 1.35. The van der Waals surface area contributed by atoms with E-state index in [1.165, 1.54) is 5.69 Å². The Bertz CT molecular complexity index is 303. The van der Waals surface area contributed by atoms with E-state index in [0.717, 1.165) is 12.8 Å². The Morgan fingerprint density at radius 1 is 1.71 bits per heavy atom. The van der Waals surface area contributed by atoms with Crippen LogP contribution in [-0.4, -0.2) is 16.3 Å². The zero-order chi connectivity index (χ0) is 10.6. The number of hydrogen-bond donors (Lipinski definition) is 1. The highest BCUT2D eigenvalue weighted by Gasteiger charge is 2.18. The highest BCUT2D eigenvalue weighted by Crippen LogP contribution is 2.22. The van der Waals surface area contributed by atoms with Gasteiger partial charge < -0.3 is 5.73 Å². The first-order valence-corrected chi connectivity index (χ1v) is 4.92. The number of aryl methyl sites for hydroxylation is 2. The van der Waals surface area contributed by atoms with Crippen molar-refractivity contribution < 1.29 is 0 Å². The van der Waals surface area contributed by atoms with Gasteiger partial charge in [0.1, 0.15) is 0 Å². The second kappa shape index (κ2) is 4.42. The van der Waals surface area contributed by atoms with E-state index < -0.39 is 0 Å². The maximum atomic E-state index is 5.70. The lowest BCUT2D eigenvalue weighted by Gasteiger charge is -2.23. The van der Waals surface area contributed by atoms with Gasteiger partial charge in [0.25, 0.3) is 0 Å². The standard InChI is InChI=1S/C11H19N3/c1-4-11(2,9-12)7-5-10-6-8-13-14(10)3/h4,6,8H,1,5,7,9,12H2,2-3H3. The zero-order valence-corrected chi connectivity index (χ0v) is 9.03. The van der Waals surface area contributed by atoms with Crippen molar-refractivity contribution >= 4 is 0 Å². The van der Waals surface area contributed by atoms with Crippen LogP contribution < -0.4 is 5.73 Å². The highest BCUT2D eigenvalue weighted by atomic mass is 15.2. The van der Waals surface area contributed by atoms with Gasteiger partial charge in [0.05, 0.1) is 0 Å². The number of nitrogens with zero attached hydrogens (tertiary/aromatic N) is 2. The Labute approximate surface area is 85.6 Å². The van der Waals surface area contributed by atoms with Crippen molar-refractivity contribution in [3.05, 3.63) is 30.6 Å². The predicted octanol–water partition coefficient (Wildman–Crippen LogP) is 1.50. The lowest BCUT2D eigenvalue weighted by atomic mass is 9.85. The molecule has 0 aliphatic heterocycles. The van der Waals surface area contributed by atoms with E-state index in [9.17, 15) is 0 Å². The van der Waals surface area contributed by atoms with Crippen LogP contribution in [0.4, 0.5) is 0 Å². The van der Waals surface area contributed by atoms with Crippen molar-refractivity contribution in [2.24, 2.45) is 18.2 Å². The zero-order valence-electron chi connectivity index (χ0n) is 9.03. The first-order chi connectivity index (χ1) is 6.61. The molecule has 0 bridgehead atoms. The molecule has 0 aromatic carbocycles. The Morgan fingerprint density at radius 2 is 2.43 bits per heavy atom. The van der Waals surface area contributed by atoms with Crippen molar-refractivity contribution in [3.63, 3.8) is 0 Å². The van der Waals surface area contributed by atoms with Crippen LogP contribution in [-0.2, 0) is 13.5 Å². The number of aromatic nitrogens is 2. The van der Waals surface area contributed by atoms with Crippen molar-refractivity contribution in [3.8, 4) is 0 Å². The molecule has 1 aromatic rings. The van der Waals surface area contributed by atoms with Crippen LogP contribution in [0.15, 0.2) is 24.9 Å². The van der Waals surface area contributed by atoms with Crippen molar-refractivity contribution in [1.29, 1.82) is 0 Å². The SMILES string of the molecule is C=CC(C)(CN)CCc1ccnn1C. The summed E-state index contributed by atoms with van der Waals surface area (Å²) in [4.78, 5) is 0. The van der Waals surface area contributed by atoms with Crippen molar-refractivity contribution in [2.45, 2.75) is 19.8 Å². The minimum absolute atomic E-state index is 0.0459. The Hall–Kier alpha value is -1.09. The third-order valence-corrected chi connectivity index (χ3v) is 2.83. The minimum atomic E-state index is 0.0459. The Kier molecular flexibility index (Phi) is 3.47. The molecule has 0 spiro atoms. The lowest BCUT2D eigenvalue weighted by Crippen LogP contribution is -2.25. The average molecular weight is 193 g/mol. The van der Waals surface area contributed by atoms with E-state index >= 15 is 0 Å². The molecule has 3 heteroatoms. The molecule has 0 aliphatic rings. The van der Waals surface area contributed by atoms with Gasteiger partial charge in [-0.1, -0.05) is 13.0 Å². The summed E-state index contributed by atoms with van der Waals surface area (Å²) in [5.41, 5.74) is 6.99. The summed E-state index contributed by atoms with van der Waals surface area (Å²) in [5, 5.41) is 4.13. The van der Waals surface area contributed by atoms with E-state index in [0.29, 0.717) is 6.54 Å². The molecule has 14 heavy (non-hydrogen) atoms. The first kappa shape index (κ1) is 11.0. The van der Waals surface area contributed by atoms with Crippen LogP contribution in [0.1, 0.15) is 19.0 Å². The van der Waals surface area contributed by atoms with Gasteiger partial charge in [0.2, 0.25) is 0 Å². The first-order valence-electron chi connectivity index (χ1n) is 4.92. The van der Waals surface area contributed by atoms with E-state index in [1.54, 1.807) is 0 Å². The van der Waals surface area contributed by atoms with Crippen LogP contribution in [0.5, 0.6) is 0 Å². The van der Waals surface area contributed by atoms with E-state index in [4.69, 9.17) is 5.73 Å². The molecule has 0 radical (unpaired) electrons. The molecule has 1 aromatic heterocycles. The molecule has 0 saturated carbocycles. The Morgan fingerprint density at radius 3 is 2.86 bits per heavy atom. The van der Waals surface area contributed by atoms with E-state index in [1.807, 2.05) is 30.1 Å². The largest absolute Gasteiger partial charge is 0.330 e. The van der Waals surface area contributed by atoms with Gasteiger partial charge in [-0.2, -0.15) is 5.10 Å². The van der Waals surface area contributed by atoms with Gasteiger partial charge in [-0.05, 0) is 24.3 Å². The summed E-state index contributed by atoms with van der Waals surface area (Å²) in [6, 6.07) is 2.04. The number of nitrogens with two attached hydrogens (primary N) is 1. The summed E-state index contributed by atoms with van der Waals surface area (Å²) in [7, 11) is 1.96. The minimum Gasteiger partial charge on any atom is -0.330 e. The molecular weight excluding hydrogens is 174 g/mol. The second-order valence-electron chi connectivity index (χ2n) is 4.01. The van der Waals surface area contributed by atoms with Gasteiger partial charge in [-0.25, -0.2) is 0 Å². The molecule has 0 amide bonds. The van der Waals surface area contributed by atoms with Gasteiger partial charge >= 0.3 is 0 Å². The van der Waals surface area contributed by atoms with Crippen LogP contribution in [0.2, 0.25) is 0 Å². The molecule has 0 aliphatic carbocycles. The summed E-state index contributed by atoms with van der Waals surface area (Å²) in [5.74, 6) is 0. The van der Waals surface area contributed by atoms with Crippen LogP contribution in [0.25, 0.3) is 0 Å². The van der Waals surface area contributed by atoms with Crippen molar-refractivity contribution in [2.75, 3.05) is 6.54 Å². The van der Waals surface area contributed by atoms with Gasteiger partial charge in [-0.3, -0.25) is 4.68 Å². The van der Waals surface area contributed by atoms with E-state index in [2.05, 4.69) is 18.6 Å². The lowest BCUT2D eigenvalue weighted by molar-refractivity contribution is 0.400. The fraction of sp³-hybridized carbons (Fsp3) is 0.545. The molecule has 78 valence electrons. The van der Waals surface area contributed by atoms with Gasteiger partial charge in [-0.15, -0.1) is 6.58 Å². The number of rotatable bonds is 5. The van der Waals surface area contributed by atoms with E-state index in [-0.39, 0.29) is 5.41 Å². The summed E-state index contributed by atoms with van der Waals surface area (Å²) in [6.45, 7) is 6.61. The molecule has 0 fully saturated rings. The van der Waals surface area contributed by atoms with Crippen LogP contribution >= 0.6 is 0 Å². The summed E-state index contributed by atoms with van der Waals surface area (Å²) >= 11 is 0. The van der Waals surface area contributed by atoms with Crippen molar-refractivity contribution in [1.82, 2.24) is 9.78 Å². The average Bonchev–Trinajstić information content (AvgIpc) is 2.61. The highest BCUT2D eigenvalue weighted by molar-refractivity contribution is 5.03. The molecule has 1 atom stereocenters. The van der Waals surface area contributed by atoms with Gasteiger partial charge in [0, 0.05) is 25.5 Å². The third-order valence-electron chi connectivity index (χ3n) is 2.83. The fourth-order valence-electron chi connectivity index (χ4n) is 1.35. The Balaban J connectivity index is 2.56. The molecule has 1 unspecified atom stereocenters. The maximum absolute atomic E-state index is 5.70. The molecular formula is C11H19N3. The molecule has 2 N–H and O–H groups in total. The topological polar surface area (TPSA) is 43.8 Å².